The smallest absolute Gasteiger partial charge is 0.147 e. The molecule has 0 N–H and O–H groups in total. The van der Waals surface area contributed by atoms with Gasteiger partial charge >= 0.3 is 0 Å². The van der Waals surface area contributed by atoms with Crippen molar-refractivity contribution in [2.75, 3.05) is 9.80 Å². The van der Waals surface area contributed by atoms with E-state index in [2.05, 4.69) is 60.7 Å². The molecule has 0 bridgehead atoms. The van der Waals surface area contributed by atoms with Gasteiger partial charge in [-0.15, -0.1) is 0 Å². The van der Waals surface area contributed by atoms with Gasteiger partial charge in [0.05, 0.1) is 69.3 Å². The highest BCUT2D eigenvalue weighted by Gasteiger charge is 2.27. The molecule has 12 aromatic rings. The topological polar surface area (TPSA) is 102 Å². The van der Waals surface area contributed by atoms with Crippen LogP contribution in [0.3, 0.4) is 0 Å². The van der Waals surface area contributed by atoms with Gasteiger partial charge in [0.1, 0.15) is 11.6 Å². The average molecular weight is 977 g/mol. The van der Waals surface area contributed by atoms with Crippen molar-refractivity contribution >= 4 is 66.4 Å². The molecule has 0 saturated carbocycles. The molecule has 0 amide bonds. The van der Waals surface area contributed by atoms with Gasteiger partial charge in [0.25, 0.3) is 0 Å². The molecule has 0 atom stereocenters. The van der Waals surface area contributed by atoms with Crippen LogP contribution in [0.15, 0.2) is 231 Å². The molecule has 12 rings (SSSR count). The third kappa shape index (κ3) is 8.12. The molecule has 8 heteroatoms. The normalized spacial score (nSPS) is 11.0. The van der Waals surface area contributed by atoms with E-state index >= 15 is 8.78 Å². The summed E-state index contributed by atoms with van der Waals surface area (Å²) in [6.45, 7) is 0. The number of halogens is 2. The third-order valence-electron chi connectivity index (χ3n) is 14.1. The number of hydrogen-bond acceptors (Lipinski definition) is 6. The maximum absolute atomic E-state index is 17.5. The molecule has 0 aromatic heterocycles. The number of rotatable bonds is 10. The predicted octanol–water partition coefficient (Wildman–Crippen LogP) is 18.0. The second kappa shape index (κ2) is 19.3. The molecule has 0 unspecified atom stereocenters. The molecule has 0 saturated heterocycles. The zero-order valence-corrected chi connectivity index (χ0v) is 40.4. The lowest BCUT2D eigenvalue weighted by atomic mass is 9.90. The molecule has 0 spiro atoms. The van der Waals surface area contributed by atoms with E-state index in [-0.39, 0.29) is 0 Å². The van der Waals surface area contributed by atoms with Crippen molar-refractivity contribution in [3.05, 3.63) is 264 Å². The highest BCUT2D eigenvalue weighted by atomic mass is 19.1. The molecule has 354 valence electrons. The minimum atomic E-state index is -0.473. The van der Waals surface area contributed by atoms with Crippen LogP contribution in [-0.4, -0.2) is 0 Å². The van der Waals surface area contributed by atoms with Crippen molar-refractivity contribution in [3.8, 4) is 68.8 Å². The summed E-state index contributed by atoms with van der Waals surface area (Å²) >= 11 is 0. The fraction of sp³-hybridized carbons (Fsp3) is 0. The summed E-state index contributed by atoms with van der Waals surface area (Å²) in [5.74, 6) is -0.945. The number of anilines is 6. The Morgan fingerprint density at radius 3 is 0.882 bits per heavy atom. The van der Waals surface area contributed by atoms with E-state index in [4.69, 9.17) is 0 Å². The van der Waals surface area contributed by atoms with Gasteiger partial charge < -0.3 is 9.80 Å². The van der Waals surface area contributed by atoms with Crippen LogP contribution in [0, 0.1) is 57.0 Å². The van der Waals surface area contributed by atoms with Crippen LogP contribution in [0.4, 0.5) is 42.9 Å². The summed E-state index contributed by atoms with van der Waals surface area (Å²) < 4.78 is 35.1. The first-order valence-electron chi connectivity index (χ1n) is 24.4. The zero-order chi connectivity index (χ0) is 51.9. The lowest BCUT2D eigenvalue weighted by Gasteiger charge is -2.30. The van der Waals surface area contributed by atoms with E-state index in [1.807, 2.05) is 143 Å². The summed E-state index contributed by atoms with van der Waals surface area (Å²) in [5, 5.41) is 44.1. The molecule has 0 fully saturated rings. The molecule has 0 aliphatic carbocycles. The summed E-state index contributed by atoms with van der Waals surface area (Å²) in [6, 6.07) is 80.0. The Bertz CT molecular complexity index is 4090. The monoisotopic (exact) mass is 976 g/mol. The first-order valence-corrected chi connectivity index (χ1v) is 24.4. The number of hydrogen-bond donors (Lipinski definition) is 0. The first-order chi connectivity index (χ1) is 37.3. The number of nitriles is 4. The molecule has 76 heavy (non-hydrogen) atoms. The first kappa shape index (κ1) is 46.2. The standard InChI is InChI=1S/C68H38F2N6/c69-61-35-57(47-19-11-43(39-71)12-20-47)59(49-23-15-45(41-73)16-24-49)37-65(61)75(53-7-3-1-4-8-53)63-33-29-51-28-32-56-64(34-30-52-27-31-55(63)67(51)68(52)56)76(54-9-5-2-6-10-54)66-38-60(50-25-17-46(42-74)18-26-50)58(36-62(66)70)48-21-13-44(40-72)14-22-48/h1-38H. The van der Waals surface area contributed by atoms with Crippen molar-refractivity contribution in [1.82, 2.24) is 0 Å². The second-order valence-corrected chi connectivity index (χ2v) is 18.4. The van der Waals surface area contributed by atoms with E-state index in [1.54, 1.807) is 60.7 Å². The molecular formula is C68H38F2N6. The molecule has 6 nitrogen and oxygen atoms in total. The fourth-order valence-corrected chi connectivity index (χ4v) is 10.4. The minimum absolute atomic E-state index is 0.298. The minimum Gasteiger partial charge on any atom is -0.307 e. The molecule has 0 aliphatic heterocycles. The molecule has 12 aromatic carbocycles. The van der Waals surface area contributed by atoms with Gasteiger partial charge in [-0.1, -0.05) is 121 Å². The maximum Gasteiger partial charge on any atom is 0.147 e. The predicted molar refractivity (Wildman–Crippen MR) is 300 cm³/mol. The number of para-hydroxylation sites is 2. The molecular weight excluding hydrogens is 939 g/mol. The summed E-state index contributed by atoms with van der Waals surface area (Å²) in [7, 11) is 0. The Morgan fingerprint density at radius 2 is 0.579 bits per heavy atom. The van der Waals surface area contributed by atoms with E-state index in [9.17, 15) is 21.0 Å². The summed E-state index contributed by atoms with van der Waals surface area (Å²) in [5.41, 5.74) is 11.2. The SMILES string of the molecule is N#Cc1ccc(-c2cc(F)c(N(c3ccccc3)c3ccc4ccc5c(N(c6ccccc6)c6cc(-c7ccc(C#N)cc7)c(-c7ccc(C#N)cc7)cc6F)ccc6ccc3c4c65)cc2-c2ccc(C#N)cc2)cc1. The van der Waals surface area contributed by atoms with Crippen molar-refractivity contribution < 1.29 is 8.78 Å². The zero-order valence-electron chi connectivity index (χ0n) is 40.4. The Kier molecular flexibility index (Phi) is 11.7. The van der Waals surface area contributed by atoms with Crippen LogP contribution in [0.2, 0.25) is 0 Å². The van der Waals surface area contributed by atoms with Gasteiger partial charge in [-0.3, -0.25) is 0 Å². The van der Waals surface area contributed by atoms with Gasteiger partial charge in [0, 0.05) is 22.1 Å². The lowest BCUT2D eigenvalue weighted by Crippen LogP contribution is -2.13. The van der Waals surface area contributed by atoms with E-state index in [0.29, 0.717) is 44.8 Å². The quantitative estimate of drug-likeness (QED) is 0.127. The van der Waals surface area contributed by atoms with Crippen LogP contribution < -0.4 is 9.80 Å². The van der Waals surface area contributed by atoms with E-state index in [1.165, 1.54) is 0 Å². The molecule has 0 heterocycles. The van der Waals surface area contributed by atoms with Gasteiger partial charge in [0.2, 0.25) is 0 Å². The fourth-order valence-electron chi connectivity index (χ4n) is 10.4. The van der Waals surface area contributed by atoms with Gasteiger partial charge in [0.15, 0.2) is 0 Å². The van der Waals surface area contributed by atoms with Gasteiger partial charge in [-0.2, -0.15) is 21.0 Å². The summed E-state index contributed by atoms with van der Waals surface area (Å²) in [6.07, 6.45) is 0. The second-order valence-electron chi connectivity index (χ2n) is 18.4. The van der Waals surface area contributed by atoms with Crippen LogP contribution in [0.25, 0.3) is 76.8 Å². The molecule has 0 aliphatic rings. The van der Waals surface area contributed by atoms with E-state index in [0.717, 1.165) is 88.4 Å². The average Bonchev–Trinajstić information content (AvgIpc) is 3.52. The largest absolute Gasteiger partial charge is 0.307 e. The Morgan fingerprint density at radius 1 is 0.289 bits per heavy atom. The van der Waals surface area contributed by atoms with Crippen LogP contribution in [0.1, 0.15) is 22.3 Å². The Hall–Kier alpha value is -10.9. The number of nitrogens with zero attached hydrogens (tertiary/aromatic N) is 6. The van der Waals surface area contributed by atoms with Gasteiger partial charge in [-0.05, 0) is 175 Å². The van der Waals surface area contributed by atoms with E-state index < -0.39 is 11.6 Å². The molecule has 0 radical (unpaired) electrons. The highest BCUT2D eigenvalue weighted by molar-refractivity contribution is 6.28. The van der Waals surface area contributed by atoms with Gasteiger partial charge in [-0.25, -0.2) is 8.78 Å². The highest BCUT2D eigenvalue weighted by Crippen LogP contribution is 2.50. The third-order valence-corrected chi connectivity index (χ3v) is 14.1. The van der Waals surface area contributed by atoms with Crippen molar-refractivity contribution in [2.45, 2.75) is 0 Å². The van der Waals surface area contributed by atoms with Crippen LogP contribution in [-0.2, 0) is 0 Å². The van der Waals surface area contributed by atoms with Crippen LogP contribution in [0.5, 0.6) is 0 Å². The summed E-state index contributed by atoms with van der Waals surface area (Å²) in [4.78, 5) is 3.90. The Balaban J connectivity index is 1.08. The number of benzene rings is 12. The van der Waals surface area contributed by atoms with Crippen molar-refractivity contribution in [1.29, 1.82) is 21.0 Å². The van der Waals surface area contributed by atoms with Crippen molar-refractivity contribution in [2.24, 2.45) is 0 Å². The maximum atomic E-state index is 17.5. The Labute approximate surface area is 437 Å². The lowest BCUT2D eigenvalue weighted by molar-refractivity contribution is 0.629. The van der Waals surface area contributed by atoms with Crippen LogP contribution >= 0.6 is 0 Å². The van der Waals surface area contributed by atoms with Crippen molar-refractivity contribution in [3.63, 3.8) is 0 Å².